The van der Waals surface area contributed by atoms with Crippen molar-refractivity contribution in [1.82, 2.24) is 15.0 Å². The molecule has 6 heteroatoms. The lowest BCUT2D eigenvalue weighted by Gasteiger charge is -2.33. The Morgan fingerprint density at radius 1 is 1.12 bits per heavy atom. The molecule has 3 heterocycles. The van der Waals surface area contributed by atoms with Crippen LogP contribution in [0.3, 0.4) is 0 Å². The standard InChI is InChI=1S/C18H19ClN4O/c1-3-13-5-6-16(22-15(13)4-2)23-11-7-14(8-12-23)24-18-17(19)20-9-10-21-18/h3-6,9-10,14H,1-2,7-8,11-12H2. The Hall–Kier alpha value is -2.40. The maximum absolute atomic E-state index is 5.99. The summed E-state index contributed by atoms with van der Waals surface area (Å²) in [5.74, 6) is 1.35. The van der Waals surface area contributed by atoms with E-state index in [1.54, 1.807) is 24.5 Å². The van der Waals surface area contributed by atoms with Gasteiger partial charge in [-0.3, -0.25) is 0 Å². The SMILES string of the molecule is C=Cc1ccc(N2CCC(Oc3nccnc3Cl)CC2)nc1C=C. The first-order valence-corrected chi connectivity index (χ1v) is 8.23. The predicted molar refractivity (Wildman–Crippen MR) is 97.3 cm³/mol. The molecule has 0 bridgehead atoms. The van der Waals surface area contributed by atoms with Crippen LogP contribution in [0.4, 0.5) is 5.82 Å². The zero-order valence-corrected chi connectivity index (χ0v) is 14.1. The fraction of sp³-hybridized carbons (Fsp3) is 0.278. The molecule has 0 aromatic carbocycles. The van der Waals surface area contributed by atoms with Gasteiger partial charge in [0.05, 0.1) is 5.69 Å². The van der Waals surface area contributed by atoms with Crippen molar-refractivity contribution in [2.75, 3.05) is 18.0 Å². The van der Waals surface area contributed by atoms with Crippen molar-refractivity contribution in [2.24, 2.45) is 0 Å². The second-order valence-corrected chi connectivity index (χ2v) is 5.87. The largest absolute Gasteiger partial charge is 0.472 e. The average molecular weight is 343 g/mol. The molecule has 3 rings (SSSR count). The monoisotopic (exact) mass is 342 g/mol. The summed E-state index contributed by atoms with van der Waals surface area (Å²) in [5, 5.41) is 0.303. The molecule has 0 spiro atoms. The number of piperidine rings is 1. The number of halogens is 1. The zero-order valence-electron chi connectivity index (χ0n) is 13.4. The van der Waals surface area contributed by atoms with Gasteiger partial charge in [-0.05, 0) is 23.8 Å². The molecule has 1 fully saturated rings. The normalized spacial score (nSPS) is 15.1. The van der Waals surface area contributed by atoms with Gasteiger partial charge in [0.2, 0.25) is 0 Å². The first kappa shape index (κ1) is 16.5. The second-order valence-electron chi connectivity index (χ2n) is 5.51. The molecule has 0 radical (unpaired) electrons. The quantitative estimate of drug-likeness (QED) is 0.825. The minimum absolute atomic E-state index is 0.0850. The van der Waals surface area contributed by atoms with E-state index in [-0.39, 0.29) is 6.10 Å². The lowest BCUT2D eigenvalue weighted by Crippen LogP contribution is -2.38. The summed E-state index contributed by atoms with van der Waals surface area (Å²) in [6, 6.07) is 4.04. The summed E-state index contributed by atoms with van der Waals surface area (Å²) < 4.78 is 5.87. The highest BCUT2D eigenvalue weighted by Crippen LogP contribution is 2.25. The first-order valence-electron chi connectivity index (χ1n) is 7.85. The third-order valence-corrected chi connectivity index (χ3v) is 4.28. The van der Waals surface area contributed by atoms with E-state index in [0.29, 0.717) is 11.0 Å². The highest BCUT2D eigenvalue weighted by Gasteiger charge is 2.23. The predicted octanol–water partition coefficient (Wildman–Crippen LogP) is 3.86. The lowest BCUT2D eigenvalue weighted by molar-refractivity contribution is 0.163. The Kier molecular flexibility index (Phi) is 5.11. The van der Waals surface area contributed by atoms with Gasteiger partial charge in [0.1, 0.15) is 11.9 Å². The van der Waals surface area contributed by atoms with Crippen molar-refractivity contribution in [3.8, 4) is 5.88 Å². The summed E-state index contributed by atoms with van der Waals surface area (Å²) >= 11 is 5.99. The molecule has 2 aromatic rings. The van der Waals surface area contributed by atoms with Crippen LogP contribution in [0.15, 0.2) is 37.7 Å². The molecule has 0 N–H and O–H groups in total. The van der Waals surface area contributed by atoms with Crippen molar-refractivity contribution in [1.29, 1.82) is 0 Å². The number of rotatable bonds is 5. The van der Waals surface area contributed by atoms with Gasteiger partial charge >= 0.3 is 0 Å². The van der Waals surface area contributed by atoms with Crippen LogP contribution < -0.4 is 9.64 Å². The van der Waals surface area contributed by atoms with Crippen molar-refractivity contribution in [2.45, 2.75) is 18.9 Å². The number of anilines is 1. The van der Waals surface area contributed by atoms with Crippen LogP contribution in [-0.4, -0.2) is 34.1 Å². The molecule has 2 aromatic heterocycles. The minimum atomic E-state index is 0.0850. The maximum atomic E-state index is 5.99. The maximum Gasteiger partial charge on any atom is 0.252 e. The number of pyridine rings is 1. The van der Waals surface area contributed by atoms with Crippen LogP contribution in [-0.2, 0) is 0 Å². The molecule has 0 amide bonds. The second kappa shape index (κ2) is 7.45. The van der Waals surface area contributed by atoms with E-state index < -0.39 is 0 Å². The molecule has 5 nitrogen and oxygen atoms in total. The molecule has 24 heavy (non-hydrogen) atoms. The Bertz CT molecular complexity index is 742. The van der Waals surface area contributed by atoms with E-state index >= 15 is 0 Å². The summed E-state index contributed by atoms with van der Waals surface area (Å²) in [5.41, 5.74) is 1.84. The number of nitrogens with zero attached hydrogens (tertiary/aromatic N) is 4. The summed E-state index contributed by atoms with van der Waals surface area (Å²) in [4.78, 5) is 15.0. The van der Waals surface area contributed by atoms with E-state index in [9.17, 15) is 0 Å². The highest BCUT2D eigenvalue weighted by atomic mass is 35.5. The van der Waals surface area contributed by atoms with E-state index in [2.05, 4.69) is 33.0 Å². The third kappa shape index (κ3) is 3.57. The molecule has 0 atom stereocenters. The van der Waals surface area contributed by atoms with E-state index in [0.717, 1.165) is 43.0 Å². The summed E-state index contributed by atoms with van der Waals surface area (Å²) in [6.07, 6.45) is 8.51. The third-order valence-electron chi connectivity index (χ3n) is 4.02. The average Bonchev–Trinajstić information content (AvgIpc) is 2.63. The van der Waals surface area contributed by atoms with Crippen LogP contribution in [0.1, 0.15) is 24.1 Å². The molecule has 124 valence electrons. The number of hydrogen-bond donors (Lipinski definition) is 0. The first-order chi connectivity index (χ1) is 11.7. The van der Waals surface area contributed by atoms with Gasteiger partial charge in [0, 0.05) is 38.3 Å². The van der Waals surface area contributed by atoms with Gasteiger partial charge in [0.25, 0.3) is 5.88 Å². The molecular formula is C18H19ClN4O. The van der Waals surface area contributed by atoms with Crippen LogP contribution in [0.25, 0.3) is 12.2 Å². The van der Waals surface area contributed by atoms with Crippen molar-refractivity contribution in [3.05, 3.63) is 54.1 Å². The summed E-state index contributed by atoms with van der Waals surface area (Å²) in [7, 11) is 0. The Morgan fingerprint density at radius 3 is 2.54 bits per heavy atom. The zero-order chi connectivity index (χ0) is 16.9. The van der Waals surface area contributed by atoms with Gasteiger partial charge in [0.15, 0.2) is 5.15 Å². The topological polar surface area (TPSA) is 51.1 Å². The number of hydrogen-bond acceptors (Lipinski definition) is 5. The minimum Gasteiger partial charge on any atom is -0.472 e. The fourth-order valence-electron chi connectivity index (χ4n) is 2.74. The number of ether oxygens (including phenoxy) is 1. The molecule has 0 unspecified atom stereocenters. The molecular weight excluding hydrogens is 324 g/mol. The lowest BCUT2D eigenvalue weighted by atomic mass is 10.1. The van der Waals surface area contributed by atoms with E-state index in [4.69, 9.17) is 16.3 Å². The van der Waals surface area contributed by atoms with Crippen molar-refractivity contribution in [3.63, 3.8) is 0 Å². The van der Waals surface area contributed by atoms with Crippen LogP contribution in [0.5, 0.6) is 5.88 Å². The van der Waals surface area contributed by atoms with Gasteiger partial charge in [-0.25, -0.2) is 15.0 Å². The molecule has 1 aliphatic heterocycles. The van der Waals surface area contributed by atoms with E-state index in [1.165, 1.54) is 0 Å². The van der Waals surface area contributed by atoms with Gasteiger partial charge in [-0.15, -0.1) is 0 Å². The smallest absolute Gasteiger partial charge is 0.252 e. The molecule has 1 aliphatic rings. The molecule has 0 saturated carbocycles. The van der Waals surface area contributed by atoms with Crippen molar-refractivity contribution < 1.29 is 4.74 Å². The molecule has 1 saturated heterocycles. The fourth-order valence-corrected chi connectivity index (χ4v) is 2.88. The van der Waals surface area contributed by atoms with Gasteiger partial charge in [-0.2, -0.15) is 0 Å². The van der Waals surface area contributed by atoms with Crippen molar-refractivity contribution >= 4 is 29.6 Å². The van der Waals surface area contributed by atoms with Gasteiger partial charge in [-0.1, -0.05) is 30.8 Å². The summed E-state index contributed by atoms with van der Waals surface area (Å²) in [6.45, 7) is 9.34. The highest BCUT2D eigenvalue weighted by molar-refractivity contribution is 6.30. The molecule has 0 aliphatic carbocycles. The van der Waals surface area contributed by atoms with Crippen LogP contribution >= 0.6 is 11.6 Å². The van der Waals surface area contributed by atoms with E-state index in [1.807, 2.05) is 12.1 Å². The number of aromatic nitrogens is 3. The Labute approximate surface area is 146 Å². The van der Waals surface area contributed by atoms with Crippen LogP contribution in [0, 0.1) is 0 Å². The Morgan fingerprint density at radius 2 is 1.88 bits per heavy atom. The van der Waals surface area contributed by atoms with Gasteiger partial charge < -0.3 is 9.64 Å². The Balaban J connectivity index is 1.64. The van der Waals surface area contributed by atoms with Crippen LogP contribution in [0.2, 0.25) is 5.15 Å².